The van der Waals surface area contributed by atoms with Crippen molar-refractivity contribution in [3.8, 4) is 5.82 Å². The predicted molar refractivity (Wildman–Crippen MR) is 108 cm³/mol. The quantitative estimate of drug-likeness (QED) is 0.599. The van der Waals surface area contributed by atoms with Gasteiger partial charge in [-0.15, -0.1) is 10.2 Å². The van der Waals surface area contributed by atoms with Gasteiger partial charge in [-0.1, -0.05) is 0 Å². The first kappa shape index (κ1) is 19.9. The molecule has 3 heterocycles. The van der Waals surface area contributed by atoms with Crippen LogP contribution in [0.1, 0.15) is 12.8 Å². The lowest BCUT2D eigenvalue weighted by Gasteiger charge is -2.32. The maximum Gasteiger partial charge on any atom is 0.238 e. The van der Waals surface area contributed by atoms with E-state index in [0.717, 1.165) is 19.4 Å². The second-order valence-corrected chi connectivity index (χ2v) is 8.50. The number of carbonyl (C=O) groups is 1. The summed E-state index contributed by atoms with van der Waals surface area (Å²) in [6.07, 6.45) is 4.56. The number of piperidine rings is 1. The molecule has 2 aromatic heterocycles. The van der Waals surface area contributed by atoms with E-state index in [2.05, 4.69) is 25.6 Å². The number of amides is 1. The number of rotatable bonds is 5. The Morgan fingerprint density at radius 3 is 2.47 bits per heavy atom. The lowest BCUT2D eigenvalue weighted by atomic mass is 9.97. The topological polar surface area (TPSA) is 149 Å². The molecule has 0 radical (unpaired) electrons. The molecule has 1 fully saturated rings. The number of hydrogen-bond acceptors (Lipinski definition) is 8. The molecule has 4 rings (SSSR count). The number of nitrogens with two attached hydrogens (primary N) is 1. The smallest absolute Gasteiger partial charge is 0.238 e. The molecule has 1 aliphatic rings. The van der Waals surface area contributed by atoms with E-state index in [9.17, 15) is 13.2 Å². The Labute approximate surface area is 173 Å². The predicted octanol–water partition coefficient (Wildman–Crippen LogP) is 0.560. The average Bonchev–Trinajstić information content (AvgIpc) is 3.29. The Kier molecular flexibility index (Phi) is 5.42. The van der Waals surface area contributed by atoms with Crippen LogP contribution >= 0.6 is 0 Å². The van der Waals surface area contributed by atoms with Crippen molar-refractivity contribution < 1.29 is 13.2 Å². The zero-order valence-corrected chi connectivity index (χ0v) is 16.7. The van der Waals surface area contributed by atoms with Crippen molar-refractivity contribution in [3.63, 3.8) is 0 Å². The summed E-state index contributed by atoms with van der Waals surface area (Å²) in [6.45, 7) is 1.29. The summed E-state index contributed by atoms with van der Waals surface area (Å²) >= 11 is 0. The fourth-order valence-electron chi connectivity index (χ4n) is 3.31. The van der Waals surface area contributed by atoms with E-state index < -0.39 is 10.0 Å². The minimum atomic E-state index is -3.77. The van der Waals surface area contributed by atoms with Gasteiger partial charge >= 0.3 is 0 Å². The van der Waals surface area contributed by atoms with Crippen LogP contribution in [0, 0.1) is 5.92 Å². The standard InChI is InChI=1S/C18H20N8O3S/c19-30(28,29)15-5-3-14(4-6-15)22-18(27)13-2-1-9-25(10-13)16-7-8-17(24-23-16)26-12-20-11-21-26/h3-8,11-13H,1-2,9-10H2,(H,22,27)(H2,19,28,29). The van der Waals surface area contributed by atoms with Gasteiger partial charge in [0.05, 0.1) is 10.8 Å². The van der Waals surface area contributed by atoms with E-state index in [1.54, 1.807) is 12.4 Å². The number of aromatic nitrogens is 5. The number of sulfonamides is 1. The SMILES string of the molecule is NS(=O)(=O)c1ccc(NC(=O)C2CCCN(c3ccc(-n4cncn4)nn3)C2)cc1. The summed E-state index contributed by atoms with van der Waals surface area (Å²) in [5.74, 6) is 0.892. The molecule has 1 aromatic carbocycles. The molecule has 30 heavy (non-hydrogen) atoms. The van der Waals surface area contributed by atoms with Gasteiger partial charge in [-0.05, 0) is 49.2 Å². The van der Waals surface area contributed by atoms with Crippen LogP contribution < -0.4 is 15.4 Å². The molecular formula is C18H20N8O3S. The Hall–Kier alpha value is -3.38. The Morgan fingerprint density at radius 2 is 1.83 bits per heavy atom. The molecule has 11 nitrogen and oxygen atoms in total. The maximum atomic E-state index is 12.7. The van der Waals surface area contributed by atoms with Crippen molar-refractivity contribution in [1.29, 1.82) is 0 Å². The zero-order chi connectivity index (χ0) is 21.1. The van der Waals surface area contributed by atoms with Gasteiger partial charge in [0.2, 0.25) is 15.9 Å². The number of anilines is 2. The molecule has 1 atom stereocenters. The highest BCUT2D eigenvalue weighted by atomic mass is 32.2. The second-order valence-electron chi connectivity index (χ2n) is 6.93. The molecule has 1 saturated heterocycles. The number of carbonyl (C=O) groups excluding carboxylic acids is 1. The molecule has 1 amide bonds. The third-order valence-corrected chi connectivity index (χ3v) is 5.79. The highest BCUT2D eigenvalue weighted by molar-refractivity contribution is 7.89. The van der Waals surface area contributed by atoms with Gasteiger partial charge in [-0.3, -0.25) is 4.79 Å². The van der Waals surface area contributed by atoms with E-state index >= 15 is 0 Å². The number of benzene rings is 1. The van der Waals surface area contributed by atoms with Crippen LogP contribution in [0.2, 0.25) is 0 Å². The van der Waals surface area contributed by atoms with Crippen LogP contribution in [0.4, 0.5) is 11.5 Å². The van der Waals surface area contributed by atoms with Crippen LogP contribution in [0.5, 0.6) is 0 Å². The van der Waals surface area contributed by atoms with Gasteiger partial charge < -0.3 is 10.2 Å². The average molecular weight is 428 g/mol. The van der Waals surface area contributed by atoms with E-state index in [4.69, 9.17) is 5.14 Å². The minimum absolute atomic E-state index is 0.00254. The number of nitrogens with zero attached hydrogens (tertiary/aromatic N) is 6. The van der Waals surface area contributed by atoms with Crippen LogP contribution in [-0.2, 0) is 14.8 Å². The summed E-state index contributed by atoms with van der Waals surface area (Å²) < 4.78 is 24.2. The third kappa shape index (κ3) is 4.44. The fourth-order valence-corrected chi connectivity index (χ4v) is 3.82. The number of primary sulfonamides is 1. The van der Waals surface area contributed by atoms with Crippen LogP contribution in [0.3, 0.4) is 0 Å². The lowest BCUT2D eigenvalue weighted by molar-refractivity contribution is -0.120. The van der Waals surface area contributed by atoms with Crippen molar-refractivity contribution in [2.45, 2.75) is 17.7 Å². The Balaban J connectivity index is 1.40. The van der Waals surface area contributed by atoms with E-state index in [-0.39, 0.29) is 16.7 Å². The Morgan fingerprint density at radius 1 is 1.10 bits per heavy atom. The lowest BCUT2D eigenvalue weighted by Crippen LogP contribution is -2.41. The van der Waals surface area contributed by atoms with Gasteiger partial charge in [0, 0.05) is 18.8 Å². The van der Waals surface area contributed by atoms with Gasteiger partial charge in [0.25, 0.3) is 0 Å². The summed E-state index contributed by atoms with van der Waals surface area (Å²) in [6, 6.07) is 9.41. The van der Waals surface area contributed by atoms with Crippen molar-refractivity contribution in [2.75, 3.05) is 23.3 Å². The largest absolute Gasteiger partial charge is 0.354 e. The highest BCUT2D eigenvalue weighted by Crippen LogP contribution is 2.23. The summed E-state index contributed by atoms with van der Waals surface area (Å²) in [5.41, 5.74) is 0.515. The van der Waals surface area contributed by atoms with Crippen molar-refractivity contribution in [2.24, 2.45) is 11.1 Å². The summed E-state index contributed by atoms with van der Waals surface area (Å²) in [4.78, 5) is 18.6. The summed E-state index contributed by atoms with van der Waals surface area (Å²) in [7, 11) is -3.77. The molecule has 0 saturated carbocycles. The van der Waals surface area contributed by atoms with Crippen molar-refractivity contribution in [1.82, 2.24) is 25.0 Å². The van der Waals surface area contributed by atoms with E-state index in [1.807, 2.05) is 11.0 Å². The van der Waals surface area contributed by atoms with Crippen molar-refractivity contribution >= 4 is 27.4 Å². The summed E-state index contributed by atoms with van der Waals surface area (Å²) in [5, 5.41) is 20.4. The van der Waals surface area contributed by atoms with Crippen molar-refractivity contribution in [3.05, 3.63) is 49.1 Å². The molecule has 156 valence electrons. The molecule has 0 bridgehead atoms. The molecule has 3 N–H and O–H groups in total. The van der Waals surface area contributed by atoms with Crippen LogP contribution in [0.25, 0.3) is 5.82 Å². The van der Waals surface area contributed by atoms with E-state index in [1.165, 1.54) is 35.3 Å². The molecule has 12 heteroatoms. The van der Waals surface area contributed by atoms with Gasteiger partial charge in [0.15, 0.2) is 11.6 Å². The van der Waals surface area contributed by atoms with Gasteiger partial charge in [-0.25, -0.2) is 23.2 Å². The highest BCUT2D eigenvalue weighted by Gasteiger charge is 2.27. The van der Waals surface area contributed by atoms with Gasteiger partial charge in [-0.2, -0.15) is 5.10 Å². The molecular weight excluding hydrogens is 408 g/mol. The van der Waals surface area contributed by atoms with E-state index in [0.29, 0.717) is 23.9 Å². The molecule has 0 aliphatic carbocycles. The molecule has 0 spiro atoms. The third-order valence-electron chi connectivity index (χ3n) is 4.86. The van der Waals surface area contributed by atoms with Crippen LogP contribution in [0.15, 0.2) is 53.9 Å². The minimum Gasteiger partial charge on any atom is -0.354 e. The first-order chi connectivity index (χ1) is 14.4. The molecule has 3 aromatic rings. The Bertz CT molecular complexity index is 1120. The first-order valence-corrected chi connectivity index (χ1v) is 10.8. The zero-order valence-electron chi connectivity index (χ0n) is 15.9. The first-order valence-electron chi connectivity index (χ1n) is 9.27. The normalized spacial score (nSPS) is 17.0. The second kappa shape index (κ2) is 8.16. The van der Waals surface area contributed by atoms with Gasteiger partial charge in [0.1, 0.15) is 12.7 Å². The number of nitrogens with one attached hydrogen (secondary N) is 1. The maximum absolute atomic E-state index is 12.7. The monoisotopic (exact) mass is 428 g/mol. The number of hydrogen-bond donors (Lipinski definition) is 2. The molecule has 1 aliphatic heterocycles. The molecule has 1 unspecified atom stereocenters. The van der Waals surface area contributed by atoms with Crippen LogP contribution in [-0.4, -0.2) is 52.4 Å². The fraction of sp³-hybridized carbons (Fsp3) is 0.278.